The average molecular weight is 226 g/mol. The molecule has 0 spiro atoms. The van der Waals surface area contributed by atoms with Gasteiger partial charge in [-0.1, -0.05) is 6.58 Å². The number of nitrogens with two attached hydrogens (primary N) is 2. The zero-order valence-corrected chi connectivity index (χ0v) is 8.17. The van der Waals surface area contributed by atoms with Crippen molar-refractivity contribution in [3.8, 4) is 0 Å². The summed E-state index contributed by atoms with van der Waals surface area (Å²) in [4.78, 5) is 40.0. The van der Waals surface area contributed by atoms with Crippen LogP contribution in [0.4, 0.5) is 0 Å². The number of hydrogen-bond donors (Lipinski definition) is 3. The molecular weight excluding hydrogens is 216 g/mol. The number of carbonyl (C=O) groups excluding carboxylic acids is 4. The average Bonchev–Trinajstić information content (AvgIpc) is 2.18. The van der Waals surface area contributed by atoms with E-state index in [1.54, 1.807) is 0 Å². The molecule has 0 heterocycles. The van der Waals surface area contributed by atoms with Gasteiger partial charge in [0.05, 0.1) is 0 Å². The van der Waals surface area contributed by atoms with Gasteiger partial charge in [-0.2, -0.15) is 4.99 Å². The summed E-state index contributed by atoms with van der Waals surface area (Å²) in [5.41, 5.74) is 9.21. The first-order valence-corrected chi connectivity index (χ1v) is 3.44. The Morgan fingerprint density at radius 2 is 1.50 bits per heavy atom. The van der Waals surface area contributed by atoms with Crippen LogP contribution >= 0.6 is 0 Å². The van der Waals surface area contributed by atoms with Crippen LogP contribution in [0.3, 0.4) is 0 Å². The van der Waals surface area contributed by atoms with E-state index in [-0.39, 0.29) is 0 Å². The van der Waals surface area contributed by atoms with Gasteiger partial charge in [0, 0.05) is 18.4 Å². The van der Waals surface area contributed by atoms with E-state index in [4.69, 9.17) is 15.0 Å². The maximum Gasteiger partial charge on any atom is 0.241 e. The molecule has 0 aromatic carbocycles. The molecule has 0 fully saturated rings. The first-order chi connectivity index (χ1) is 7.45. The van der Waals surface area contributed by atoms with Crippen LogP contribution in [0.2, 0.25) is 0 Å². The number of hydrogen-bond acceptors (Lipinski definition) is 6. The molecule has 0 saturated heterocycles. The highest BCUT2D eigenvalue weighted by Crippen LogP contribution is 1.65. The fraction of sp³-hybridized carbons (Fsp3) is 0. The van der Waals surface area contributed by atoms with E-state index in [0.29, 0.717) is 0 Å². The maximum absolute atomic E-state index is 9.83. The Balaban J connectivity index is -0.000000181. The molecule has 0 rings (SSSR count). The second-order valence-electron chi connectivity index (χ2n) is 1.64. The van der Waals surface area contributed by atoms with Crippen molar-refractivity contribution in [2.75, 3.05) is 0 Å². The number of amides is 2. The highest BCUT2D eigenvalue weighted by atomic mass is 16.1. The molecule has 0 aromatic rings. The van der Waals surface area contributed by atoms with E-state index in [9.17, 15) is 9.59 Å². The lowest BCUT2D eigenvalue weighted by atomic mass is 10.5. The lowest BCUT2D eigenvalue weighted by molar-refractivity contribution is -0.115. The number of carbonyl (C=O) groups is 2. The second kappa shape index (κ2) is 18.1. The minimum atomic E-state index is -0.677. The van der Waals surface area contributed by atoms with E-state index < -0.39 is 11.8 Å². The predicted molar refractivity (Wildman–Crippen MR) is 54.3 cm³/mol. The minimum absolute atomic E-state index is 0.677. The van der Waals surface area contributed by atoms with Crippen LogP contribution in [0, 0.1) is 5.41 Å². The maximum atomic E-state index is 9.83. The van der Waals surface area contributed by atoms with Gasteiger partial charge >= 0.3 is 0 Å². The first kappa shape index (κ1) is 18.9. The lowest BCUT2D eigenvalue weighted by Crippen LogP contribution is -2.10. The molecule has 0 atom stereocenters. The van der Waals surface area contributed by atoms with Crippen molar-refractivity contribution in [2.45, 2.75) is 0 Å². The Morgan fingerprint density at radius 3 is 1.56 bits per heavy atom. The highest BCUT2D eigenvalue weighted by Gasteiger charge is 1.83. The number of nitrogens with one attached hydrogen (secondary N) is 1. The Bertz CT molecular complexity index is 320. The van der Waals surface area contributed by atoms with Gasteiger partial charge in [0.25, 0.3) is 0 Å². The minimum Gasteiger partial charge on any atom is -0.366 e. The van der Waals surface area contributed by atoms with Crippen LogP contribution in [-0.4, -0.2) is 24.0 Å². The summed E-state index contributed by atoms with van der Waals surface area (Å²) >= 11 is 0. The molecule has 8 heteroatoms. The molecule has 0 aliphatic carbocycles. The van der Waals surface area contributed by atoms with Gasteiger partial charge in [-0.3, -0.25) is 9.59 Å². The molecule has 0 aliphatic heterocycles. The number of aliphatic imine (C=N–C) groups is 1. The van der Waals surface area contributed by atoms with Crippen LogP contribution in [0.5, 0.6) is 0 Å². The normalized spacial score (nSPS) is 6.75. The molecule has 2 amide bonds. The van der Waals surface area contributed by atoms with Crippen LogP contribution < -0.4 is 11.5 Å². The van der Waals surface area contributed by atoms with E-state index in [1.165, 1.54) is 6.08 Å². The Kier molecular flexibility index (Phi) is 21.3. The van der Waals surface area contributed by atoms with E-state index in [1.807, 2.05) is 0 Å². The topological polar surface area (TPSA) is 157 Å². The molecule has 0 radical (unpaired) electrons. The van der Waals surface area contributed by atoms with Gasteiger partial charge in [0.2, 0.25) is 24.0 Å². The molecular formula is C8H10N4O4. The molecule has 0 saturated carbocycles. The zero-order chi connectivity index (χ0) is 13.4. The quantitative estimate of drug-likeness (QED) is 0.316. The van der Waals surface area contributed by atoms with Crippen LogP contribution in [0.25, 0.3) is 0 Å². The van der Waals surface area contributed by atoms with Crippen molar-refractivity contribution in [3.63, 3.8) is 0 Å². The van der Waals surface area contributed by atoms with E-state index >= 15 is 0 Å². The Labute approximate surface area is 90.8 Å². The summed E-state index contributed by atoms with van der Waals surface area (Å²) in [5.74, 6) is -1.35. The van der Waals surface area contributed by atoms with Gasteiger partial charge in [-0.05, 0) is 0 Å². The number of primary amides is 2. The molecule has 0 aromatic heterocycles. The third kappa shape index (κ3) is 66.3. The first-order valence-electron chi connectivity index (χ1n) is 3.44. The SMILES string of the molecule is C=CN=C=O.N=C=O.NC(=O)C=CC(N)=O. The summed E-state index contributed by atoms with van der Waals surface area (Å²) in [6.07, 6.45) is 4.97. The van der Waals surface area contributed by atoms with Gasteiger partial charge in [0.1, 0.15) is 0 Å². The molecule has 0 aliphatic rings. The smallest absolute Gasteiger partial charge is 0.241 e. The summed E-state index contributed by atoms with van der Waals surface area (Å²) < 4.78 is 0. The Hall–Kier alpha value is -2.82. The summed E-state index contributed by atoms with van der Waals surface area (Å²) in [7, 11) is 0. The van der Waals surface area contributed by atoms with Crippen molar-refractivity contribution >= 4 is 24.0 Å². The van der Waals surface area contributed by atoms with Gasteiger partial charge < -0.3 is 11.5 Å². The zero-order valence-electron chi connectivity index (χ0n) is 8.17. The van der Waals surface area contributed by atoms with Crippen molar-refractivity contribution in [3.05, 3.63) is 24.9 Å². The van der Waals surface area contributed by atoms with Crippen LogP contribution in [-0.2, 0) is 19.2 Å². The molecule has 5 N–H and O–H groups in total. The van der Waals surface area contributed by atoms with Crippen molar-refractivity contribution in [2.24, 2.45) is 16.5 Å². The van der Waals surface area contributed by atoms with Gasteiger partial charge in [-0.25, -0.2) is 15.0 Å². The third-order valence-corrected chi connectivity index (χ3v) is 0.556. The fourth-order valence-corrected chi connectivity index (χ4v) is 0.202. The number of nitrogens with zero attached hydrogens (tertiary/aromatic N) is 1. The van der Waals surface area contributed by atoms with E-state index in [0.717, 1.165) is 24.4 Å². The predicted octanol–water partition coefficient (Wildman–Crippen LogP) is -1.12. The summed E-state index contributed by atoms with van der Waals surface area (Å²) in [5, 5.41) is 5.40. The molecule has 86 valence electrons. The van der Waals surface area contributed by atoms with Crippen molar-refractivity contribution < 1.29 is 19.2 Å². The summed E-state index contributed by atoms with van der Waals surface area (Å²) in [6, 6.07) is 0. The van der Waals surface area contributed by atoms with Crippen molar-refractivity contribution in [1.82, 2.24) is 0 Å². The Morgan fingerprint density at radius 1 is 1.19 bits per heavy atom. The summed E-state index contributed by atoms with van der Waals surface area (Å²) in [6.45, 7) is 3.12. The van der Waals surface area contributed by atoms with Gasteiger partial charge in [-0.15, -0.1) is 0 Å². The number of rotatable bonds is 3. The van der Waals surface area contributed by atoms with Crippen molar-refractivity contribution in [1.29, 1.82) is 5.41 Å². The van der Waals surface area contributed by atoms with Crippen LogP contribution in [0.1, 0.15) is 0 Å². The molecule has 0 unspecified atom stereocenters. The lowest BCUT2D eigenvalue weighted by Gasteiger charge is -1.76. The largest absolute Gasteiger partial charge is 0.366 e. The highest BCUT2D eigenvalue weighted by molar-refractivity contribution is 5.95. The standard InChI is InChI=1S/C4H6N2O2.C3H3NO.CHNO/c5-3(7)1-2-4(6)8;1-2-4-3-5;2-1-3/h1-2H,(H2,5,7)(H2,6,8);2H,1H2;2H. The number of isocyanates is 2. The van der Waals surface area contributed by atoms with E-state index in [2.05, 4.69) is 23.0 Å². The monoisotopic (exact) mass is 226 g/mol. The molecule has 8 nitrogen and oxygen atoms in total. The molecule has 16 heavy (non-hydrogen) atoms. The molecule has 0 bridgehead atoms. The van der Waals surface area contributed by atoms with Crippen LogP contribution in [0.15, 0.2) is 29.9 Å². The third-order valence-electron chi connectivity index (χ3n) is 0.556. The second-order valence-corrected chi connectivity index (χ2v) is 1.64. The fourth-order valence-electron chi connectivity index (χ4n) is 0.202. The van der Waals surface area contributed by atoms with Gasteiger partial charge in [0.15, 0.2) is 0 Å².